The average molecular weight is 205 g/mol. The molecule has 0 aliphatic rings. The van der Waals surface area contributed by atoms with Crippen LogP contribution in [-0.2, 0) is 11.2 Å². The molecule has 1 aromatic rings. The highest BCUT2D eigenvalue weighted by molar-refractivity contribution is 5.78. The molecule has 2 heteroatoms. The second kappa shape index (κ2) is 6.33. The summed E-state index contributed by atoms with van der Waals surface area (Å²) in [5.41, 5.74) is 1.15. The van der Waals surface area contributed by atoms with Crippen molar-refractivity contribution in [2.75, 3.05) is 0 Å². The first-order valence-corrected chi connectivity index (χ1v) is 5.59. The van der Waals surface area contributed by atoms with E-state index in [0.29, 0.717) is 18.1 Å². The molecule has 0 unspecified atom stereocenters. The molecule has 0 amide bonds. The monoisotopic (exact) mass is 205 g/mol. The summed E-state index contributed by atoms with van der Waals surface area (Å²) in [6.07, 6.45) is 6.78. The normalized spacial score (nSPS) is 10.6. The Kier molecular flexibility index (Phi) is 5.02. The van der Waals surface area contributed by atoms with Crippen LogP contribution in [0.5, 0.6) is 0 Å². The number of Topliss-reactive ketones (excluding diaryl/α,β-unsaturated/α-hetero) is 1. The van der Waals surface area contributed by atoms with Crippen molar-refractivity contribution in [2.45, 2.75) is 39.5 Å². The number of ketones is 1. The smallest absolute Gasteiger partial charge is 0.133 e. The Labute approximate surface area is 91.7 Å². The zero-order chi connectivity index (χ0) is 11.1. The second-order valence-electron chi connectivity index (χ2n) is 4.33. The Morgan fingerprint density at radius 2 is 2.20 bits per heavy atom. The fourth-order valence-electron chi connectivity index (χ4n) is 1.40. The van der Waals surface area contributed by atoms with Crippen molar-refractivity contribution in [2.24, 2.45) is 5.92 Å². The van der Waals surface area contributed by atoms with Crippen LogP contribution >= 0.6 is 0 Å². The van der Waals surface area contributed by atoms with Crippen molar-refractivity contribution in [3.05, 3.63) is 30.1 Å². The maximum absolute atomic E-state index is 11.5. The van der Waals surface area contributed by atoms with Crippen LogP contribution in [0.1, 0.15) is 38.7 Å². The van der Waals surface area contributed by atoms with Gasteiger partial charge in [0.15, 0.2) is 0 Å². The first kappa shape index (κ1) is 11.9. The summed E-state index contributed by atoms with van der Waals surface area (Å²) in [6.45, 7) is 4.29. The summed E-state index contributed by atoms with van der Waals surface area (Å²) >= 11 is 0. The summed E-state index contributed by atoms with van der Waals surface area (Å²) in [4.78, 5) is 15.5. The average Bonchev–Trinajstić information content (AvgIpc) is 2.25. The van der Waals surface area contributed by atoms with Crippen LogP contribution in [0.2, 0.25) is 0 Å². The van der Waals surface area contributed by atoms with Gasteiger partial charge in [0.05, 0.1) is 0 Å². The number of hydrogen-bond donors (Lipinski definition) is 0. The topological polar surface area (TPSA) is 30.0 Å². The molecule has 0 aromatic carbocycles. The molecule has 0 radical (unpaired) electrons. The van der Waals surface area contributed by atoms with E-state index in [9.17, 15) is 4.79 Å². The number of hydrogen-bond acceptors (Lipinski definition) is 2. The highest BCUT2D eigenvalue weighted by Gasteiger charge is 2.04. The van der Waals surface area contributed by atoms with E-state index in [-0.39, 0.29) is 0 Å². The fraction of sp³-hybridized carbons (Fsp3) is 0.538. The van der Waals surface area contributed by atoms with Gasteiger partial charge in [-0.25, -0.2) is 0 Å². The standard InChI is InChI=1S/C13H19NO/c1-11(2)5-7-13(15)8-6-12-4-3-9-14-10-12/h3-4,9-11H,5-8H2,1-2H3. The molecule has 2 nitrogen and oxygen atoms in total. The number of aryl methyl sites for hydroxylation is 1. The van der Waals surface area contributed by atoms with Gasteiger partial charge in [-0.15, -0.1) is 0 Å². The minimum Gasteiger partial charge on any atom is -0.300 e. The third-order valence-electron chi connectivity index (χ3n) is 2.42. The van der Waals surface area contributed by atoms with Crippen LogP contribution in [0.4, 0.5) is 0 Å². The van der Waals surface area contributed by atoms with Gasteiger partial charge >= 0.3 is 0 Å². The van der Waals surface area contributed by atoms with Gasteiger partial charge in [0.1, 0.15) is 5.78 Å². The molecular weight excluding hydrogens is 186 g/mol. The third kappa shape index (κ3) is 5.31. The van der Waals surface area contributed by atoms with Crippen LogP contribution in [0, 0.1) is 5.92 Å². The van der Waals surface area contributed by atoms with Crippen LogP contribution in [0.25, 0.3) is 0 Å². The molecular formula is C13H19NO. The van der Waals surface area contributed by atoms with E-state index in [2.05, 4.69) is 18.8 Å². The molecule has 0 aliphatic carbocycles. The SMILES string of the molecule is CC(C)CCC(=O)CCc1cccnc1. The lowest BCUT2D eigenvalue weighted by Crippen LogP contribution is -2.02. The fourth-order valence-corrected chi connectivity index (χ4v) is 1.40. The quantitative estimate of drug-likeness (QED) is 0.714. The molecule has 15 heavy (non-hydrogen) atoms. The summed E-state index contributed by atoms with van der Waals surface area (Å²) < 4.78 is 0. The molecule has 1 heterocycles. The molecule has 1 aromatic heterocycles. The molecule has 82 valence electrons. The van der Waals surface area contributed by atoms with E-state index >= 15 is 0 Å². The number of nitrogens with zero attached hydrogens (tertiary/aromatic N) is 1. The molecule has 0 saturated heterocycles. The Morgan fingerprint density at radius 3 is 2.80 bits per heavy atom. The van der Waals surface area contributed by atoms with Crippen molar-refractivity contribution in [1.29, 1.82) is 0 Å². The van der Waals surface area contributed by atoms with Gasteiger partial charge in [-0.2, -0.15) is 0 Å². The van der Waals surface area contributed by atoms with E-state index in [0.717, 1.165) is 24.8 Å². The number of carbonyl (C=O) groups excluding carboxylic acids is 1. The van der Waals surface area contributed by atoms with Crippen LogP contribution in [-0.4, -0.2) is 10.8 Å². The summed E-state index contributed by atoms with van der Waals surface area (Å²) in [5, 5.41) is 0. The number of carbonyl (C=O) groups is 1. The Balaban J connectivity index is 2.23. The van der Waals surface area contributed by atoms with E-state index in [1.54, 1.807) is 6.20 Å². The molecule has 0 atom stereocenters. The molecule has 0 aliphatic heterocycles. The van der Waals surface area contributed by atoms with Crippen LogP contribution in [0.3, 0.4) is 0 Å². The molecule has 0 bridgehead atoms. The van der Waals surface area contributed by atoms with E-state index < -0.39 is 0 Å². The second-order valence-corrected chi connectivity index (χ2v) is 4.33. The van der Waals surface area contributed by atoms with Crippen molar-refractivity contribution >= 4 is 5.78 Å². The van der Waals surface area contributed by atoms with Crippen molar-refractivity contribution in [1.82, 2.24) is 4.98 Å². The van der Waals surface area contributed by atoms with Gasteiger partial charge in [-0.05, 0) is 30.4 Å². The predicted molar refractivity (Wildman–Crippen MR) is 61.6 cm³/mol. The Morgan fingerprint density at radius 1 is 1.40 bits per heavy atom. The highest BCUT2D eigenvalue weighted by atomic mass is 16.1. The lowest BCUT2D eigenvalue weighted by atomic mass is 10.0. The minimum atomic E-state index is 0.368. The van der Waals surface area contributed by atoms with Crippen molar-refractivity contribution in [3.63, 3.8) is 0 Å². The van der Waals surface area contributed by atoms with Gasteiger partial charge in [-0.1, -0.05) is 19.9 Å². The number of rotatable bonds is 6. The first-order valence-electron chi connectivity index (χ1n) is 5.59. The van der Waals surface area contributed by atoms with E-state index in [1.165, 1.54) is 0 Å². The lowest BCUT2D eigenvalue weighted by Gasteiger charge is -2.03. The van der Waals surface area contributed by atoms with Crippen LogP contribution in [0.15, 0.2) is 24.5 Å². The zero-order valence-corrected chi connectivity index (χ0v) is 9.57. The largest absolute Gasteiger partial charge is 0.300 e. The van der Waals surface area contributed by atoms with Gasteiger partial charge < -0.3 is 0 Å². The van der Waals surface area contributed by atoms with Crippen molar-refractivity contribution in [3.8, 4) is 0 Å². The summed E-state index contributed by atoms with van der Waals surface area (Å²) in [5.74, 6) is 0.986. The van der Waals surface area contributed by atoms with Gasteiger partial charge in [0, 0.05) is 25.2 Å². The molecule has 0 N–H and O–H groups in total. The maximum atomic E-state index is 11.5. The highest BCUT2D eigenvalue weighted by Crippen LogP contribution is 2.08. The van der Waals surface area contributed by atoms with Gasteiger partial charge in [-0.3, -0.25) is 9.78 Å². The van der Waals surface area contributed by atoms with Gasteiger partial charge in [0.25, 0.3) is 0 Å². The van der Waals surface area contributed by atoms with E-state index in [1.807, 2.05) is 18.3 Å². The molecule has 0 spiro atoms. The Hall–Kier alpha value is -1.18. The summed E-state index contributed by atoms with van der Waals surface area (Å²) in [7, 11) is 0. The van der Waals surface area contributed by atoms with Crippen molar-refractivity contribution < 1.29 is 4.79 Å². The maximum Gasteiger partial charge on any atom is 0.133 e. The molecule has 1 rings (SSSR count). The summed E-state index contributed by atoms with van der Waals surface area (Å²) in [6, 6.07) is 3.93. The predicted octanol–water partition coefficient (Wildman–Crippen LogP) is 3.02. The number of pyridine rings is 1. The lowest BCUT2D eigenvalue weighted by molar-refractivity contribution is -0.119. The van der Waals surface area contributed by atoms with Gasteiger partial charge in [0.2, 0.25) is 0 Å². The Bertz CT molecular complexity index is 293. The van der Waals surface area contributed by atoms with E-state index in [4.69, 9.17) is 0 Å². The number of aromatic nitrogens is 1. The minimum absolute atomic E-state index is 0.368. The molecule has 0 fully saturated rings. The first-order chi connectivity index (χ1) is 7.18. The third-order valence-corrected chi connectivity index (χ3v) is 2.42. The zero-order valence-electron chi connectivity index (χ0n) is 9.57. The van der Waals surface area contributed by atoms with Crippen LogP contribution < -0.4 is 0 Å². The molecule has 0 saturated carbocycles.